The van der Waals surface area contributed by atoms with Gasteiger partial charge in [-0.25, -0.2) is 0 Å². The zero-order valence-corrected chi connectivity index (χ0v) is 14.5. The third kappa shape index (κ3) is 4.72. The first-order valence-corrected chi connectivity index (χ1v) is 8.91. The van der Waals surface area contributed by atoms with Gasteiger partial charge in [0.25, 0.3) is 0 Å². The van der Waals surface area contributed by atoms with E-state index in [-0.39, 0.29) is 0 Å². The minimum absolute atomic E-state index is 0.526. The van der Waals surface area contributed by atoms with E-state index in [4.69, 9.17) is 11.6 Å². The Hall–Kier alpha value is -0.540. The van der Waals surface area contributed by atoms with Crippen molar-refractivity contribution < 1.29 is 0 Å². The van der Waals surface area contributed by atoms with Crippen LogP contribution in [-0.4, -0.2) is 22.4 Å². The molecule has 3 nitrogen and oxygen atoms in total. The summed E-state index contributed by atoms with van der Waals surface area (Å²) < 4.78 is 1.95. The number of hydrogen-bond acceptors (Lipinski definition) is 2. The SMILES string of the molecule is CCCNC(CCC1CCCC1)Cc1c(Cl)c(C)nn1C. The standard InChI is InChI=1S/C17H30ClN3/c1-4-11-19-15(10-9-14-7-5-6-8-14)12-16-17(18)13(2)20-21(16)3/h14-15,19H,4-12H2,1-3H3. The molecular formula is C17H30ClN3. The average molecular weight is 312 g/mol. The van der Waals surface area contributed by atoms with Crippen LogP contribution in [0.3, 0.4) is 0 Å². The number of hydrogen-bond donors (Lipinski definition) is 1. The van der Waals surface area contributed by atoms with Crippen molar-refractivity contribution in [2.45, 2.75) is 71.3 Å². The van der Waals surface area contributed by atoms with Gasteiger partial charge in [0.2, 0.25) is 0 Å². The van der Waals surface area contributed by atoms with Crippen LogP contribution in [0.25, 0.3) is 0 Å². The van der Waals surface area contributed by atoms with E-state index in [1.54, 1.807) is 0 Å². The summed E-state index contributed by atoms with van der Waals surface area (Å²) in [7, 11) is 2.00. The summed E-state index contributed by atoms with van der Waals surface area (Å²) >= 11 is 6.41. The van der Waals surface area contributed by atoms with Crippen molar-refractivity contribution in [3.63, 3.8) is 0 Å². The normalized spacial score (nSPS) is 17.5. The molecule has 0 bridgehead atoms. The van der Waals surface area contributed by atoms with Gasteiger partial charge in [0.15, 0.2) is 0 Å². The maximum absolute atomic E-state index is 6.41. The molecule has 1 heterocycles. The lowest BCUT2D eigenvalue weighted by Crippen LogP contribution is -2.33. The van der Waals surface area contributed by atoms with Crippen LogP contribution in [0.4, 0.5) is 0 Å². The van der Waals surface area contributed by atoms with Crippen LogP contribution in [-0.2, 0) is 13.5 Å². The molecule has 1 aromatic rings. The summed E-state index contributed by atoms with van der Waals surface area (Å²) in [4.78, 5) is 0. The first-order chi connectivity index (χ1) is 10.1. The second-order valence-electron chi connectivity index (χ2n) is 6.55. The molecule has 1 aromatic heterocycles. The van der Waals surface area contributed by atoms with Gasteiger partial charge in [-0.2, -0.15) is 5.10 Å². The molecule has 0 radical (unpaired) electrons. The third-order valence-corrected chi connectivity index (χ3v) is 5.27. The second kappa shape index (κ2) is 8.19. The minimum Gasteiger partial charge on any atom is -0.314 e. The first-order valence-electron chi connectivity index (χ1n) is 8.53. The van der Waals surface area contributed by atoms with Crippen molar-refractivity contribution in [2.24, 2.45) is 13.0 Å². The van der Waals surface area contributed by atoms with Crippen LogP contribution in [0.1, 0.15) is 63.3 Å². The van der Waals surface area contributed by atoms with E-state index < -0.39 is 0 Å². The van der Waals surface area contributed by atoms with Gasteiger partial charge in [0.05, 0.1) is 16.4 Å². The molecule has 0 amide bonds. The van der Waals surface area contributed by atoms with Gasteiger partial charge < -0.3 is 5.32 Å². The Morgan fingerprint density at radius 2 is 2.10 bits per heavy atom. The molecular weight excluding hydrogens is 282 g/mol. The molecule has 0 aromatic carbocycles. The first kappa shape index (κ1) is 16.8. The Morgan fingerprint density at radius 3 is 2.67 bits per heavy atom. The van der Waals surface area contributed by atoms with E-state index in [1.807, 2.05) is 18.7 Å². The van der Waals surface area contributed by atoms with Crippen molar-refractivity contribution in [2.75, 3.05) is 6.54 Å². The quantitative estimate of drug-likeness (QED) is 0.777. The highest BCUT2D eigenvalue weighted by atomic mass is 35.5. The lowest BCUT2D eigenvalue weighted by atomic mass is 9.96. The monoisotopic (exact) mass is 311 g/mol. The van der Waals surface area contributed by atoms with Crippen LogP contribution < -0.4 is 5.32 Å². The van der Waals surface area contributed by atoms with Gasteiger partial charge in [-0.15, -0.1) is 0 Å². The van der Waals surface area contributed by atoms with Gasteiger partial charge in [0.1, 0.15) is 0 Å². The lowest BCUT2D eigenvalue weighted by molar-refractivity contribution is 0.397. The predicted octanol–water partition coefficient (Wildman–Crippen LogP) is 4.26. The number of rotatable bonds is 8. The molecule has 1 atom stereocenters. The molecule has 1 aliphatic carbocycles. The lowest BCUT2D eigenvalue weighted by Gasteiger charge is -2.20. The summed E-state index contributed by atoms with van der Waals surface area (Å²) in [5.74, 6) is 0.958. The van der Waals surface area contributed by atoms with Gasteiger partial charge in [-0.05, 0) is 38.6 Å². The highest BCUT2D eigenvalue weighted by molar-refractivity contribution is 6.31. The Balaban J connectivity index is 1.94. The molecule has 0 aliphatic heterocycles. The number of aromatic nitrogens is 2. The van der Waals surface area contributed by atoms with E-state index in [0.717, 1.165) is 29.6 Å². The predicted molar refractivity (Wildman–Crippen MR) is 89.9 cm³/mol. The molecule has 1 N–H and O–H groups in total. The van der Waals surface area contributed by atoms with E-state index in [1.165, 1.54) is 50.6 Å². The molecule has 1 aliphatic rings. The van der Waals surface area contributed by atoms with Crippen LogP contribution in [0.5, 0.6) is 0 Å². The van der Waals surface area contributed by atoms with Crippen molar-refractivity contribution in [1.29, 1.82) is 0 Å². The number of nitrogens with zero attached hydrogens (tertiary/aromatic N) is 2. The fourth-order valence-electron chi connectivity index (χ4n) is 3.50. The minimum atomic E-state index is 0.526. The molecule has 4 heteroatoms. The van der Waals surface area contributed by atoms with Crippen LogP contribution in [0, 0.1) is 12.8 Å². The van der Waals surface area contributed by atoms with Crippen molar-refractivity contribution in [1.82, 2.24) is 15.1 Å². The summed E-state index contributed by atoms with van der Waals surface area (Å²) in [6.45, 7) is 5.30. The van der Waals surface area contributed by atoms with Gasteiger partial charge in [-0.3, -0.25) is 4.68 Å². The van der Waals surface area contributed by atoms with Gasteiger partial charge in [0, 0.05) is 19.5 Å². The summed E-state index contributed by atoms with van der Waals surface area (Å²) in [5.41, 5.74) is 2.12. The molecule has 1 fully saturated rings. The highest BCUT2D eigenvalue weighted by Crippen LogP contribution is 2.30. The zero-order valence-electron chi connectivity index (χ0n) is 13.8. The fraction of sp³-hybridized carbons (Fsp3) is 0.824. The third-order valence-electron chi connectivity index (χ3n) is 4.78. The van der Waals surface area contributed by atoms with Crippen LogP contribution in [0.2, 0.25) is 5.02 Å². The topological polar surface area (TPSA) is 29.9 Å². The smallest absolute Gasteiger partial charge is 0.0847 e. The molecule has 1 unspecified atom stereocenters. The maximum atomic E-state index is 6.41. The van der Waals surface area contributed by atoms with E-state index in [0.29, 0.717) is 6.04 Å². The highest BCUT2D eigenvalue weighted by Gasteiger charge is 2.20. The van der Waals surface area contributed by atoms with Gasteiger partial charge >= 0.3 is 0 Å². The molecule has 120 valence electrons. The van der Waals surface area contributed by atoms with Crippen LogP contribution >= 0.6 is 11.6 Å². The fourth-order valence-corrected chi connectivity index (χ4v) is 3.73. The Bertz CT molecular complexity index is 435. The van der Waals surface area contributed by atoms with Gasteiger partial charge in [-0.1, -0.05) is 44.2 Å². The zero-order chi connectivity index (χ0) is 15.2. The largest absolute Gasteiger partial charge is 0.314 e. The molecule has 0 saturated heterocycles. The van der Waals surface area contributed by atoms with Crippen molar-refractivity contribution in [3.8, 4) is 0 Å². The number of nitrogens with one attached hydrogen (secondary N) is 1. The molecule has 21 heavy (non-hydrogen) atoms. The average Bonchev–Trinajstić information content (AvgIpc) is 3.05. The maximum Gasteiger partial charge on any atom is 0.0847 e. The molecule has 2 rings (SSSR count). The summed E-state index contributed by atoms with van der Waals surface area (Å²) in [6, 6.07) is 0.526. The van der Waals surface area contributed by atoms with Crippen molar-refractivity contribution >= 4 is 11.6 Å². The van der Waals surface area contributed by atoms with Crippen molar-refractivity contribution in [3.05, 3.63) is 16.4 Å². The molecule has 0 spiro atoms. The Kier molecular flexibility index (Phi) is 6.56. The number of halogens is 1. The number of aryl methyl sites for hydroxylation is 2. The van der Waals surface area contributed by atoms with E-state index in [2.05, 4.69) is 17.3 Å². The van der Waals surface area contributed by atoms with E-state index >= 15 is 0 Å². The Morgan fingerprint density at radius 1 is 1.38 bits per heavy atom. The summed E-state index contributed by atoms with van der Waals surface area (Å²) in [6.07, 6.45) is 10.5. The van der Waals surface area contributed by atoms with Crippen LogP contribution in [0.15, 0.2) is 0 Å². The van der Waals surface area contributed by atoms with E-state index in [9.17, 15) is 0 Å². The molecule has 1 saturated carbocycles. The Labute approximate surface area is 134 Å². The summed E-state index contributed by atoms with van der Waals surface area (Å²) in [5, 5.41) is 8.99. The second-order valence-corrected chi connectivity index (χ2v) is 6.93.